The monoisotopic (exact) mass is 712 g/mol. The normalized spacial score (nSPS) is 30.9. The fourth-order valence-electron chi connectivity index (χ4n) is 7.24. The Kier molecular flexibility index (Phi) is 9.93. The lowest BCUT2D eigenvalue weighted by Gasteiger charge is -2.33. The molecule has 16 heteroatoms. The van der Waals surface area contributed by atoms with Crippen molar-refractivity contribution in [1.82, 2.24) is 30.2 Å². The van der Waals surface area contributed by atoms with Crippen LogP contribution >= 0.6 is 0 Å². The number of sulfonamides is 1. The van der Waals surface area contributed by atoms with Gasteiger partial charge in [-0.25, -0.2) is 23.2 Å². The van der Waals surface area contributed by atoms with Crippen molar-refractivity contribution in [2.24, 2.45) is 17.8 Å². The van der Waals surface area contributed by atoms with Crippen molar-refractivity contribution in [3.05, 3.63) is 36.7 Å². The standard InChI is InChI=1S/C34H44N6O9S/c1-4-20-13-19(2)7-5-6-8-21-16-34(21,32(43)39-50(46,47)24-10-11-24)38-29(41)27-15-23(17-40(27)31(42)28(20)37-33(44)45)49-30-25-12-9-22(48-3)14-26(25)35-18-36-30/h6,8-9,12,14,18-21,23-24,27-28,37H,4-5,7,10-11,13,15-17H2,1-3H3,(H,38,41)(H,39,43)(H,44,45)/b8-6-/t19-,20-,21-,23-,27+,28+,34-/m1/s1. The van der Waals surface area contributed by atoms with Crippen LogP contribution in [0, 0.1) is 17.8 Å². The summed E-state index contributed by atoms with van der Waals surface area (Å²) in [4.78, 5) is 64.3. The lowest BCUT2D eigenvalue weighted by molar-refractivity contribution is -0.142. The van der Waals surface area contributed by atoms with Gasteiger partial charge >= 0.3 is 6.09 Å². The van der Waals surface area contributed by atoms with E-state index in [2.05, 4.69) is 25.3 Å². The summed E-state index contributed by atoms with van der Waals surface area (Å²) < 4.78 is 39.4. The molecule has 2 aliphatic carbocycles. The summed E-state index contributed by atoms with van der Waals surface area (Å²) in [6, 6.07) is 2.90. The number of carbonyl (C=O) groups is 4. The van der Waals surface area contributed by atoms with Crippen LogP contribution in [0.3, 0.4) is 0 Å². The van der Waals surface area contributed by atoms with Gasteiger partial charge in [-0.3, -0.25) is 19.1 Å². The molecule has 0 spiro atoms. The molecule has 2 aliphatic heterocycles. The Hall–Kier alpha value is -4.47. The zero-order valence-electron chi connectivity index (χ0n) is 28.3. The SMILES string of the molecule is CC[C@@H]1C[C@H](C)CC/C=C\[C@@H]2C[C@@]2(C(=O)NS(=O)(=O)C2CC2)NC(=O)[C@@H]2C[C@@H](Oc3ncnc4cc(OC)ccc34)CN2C(=O)[C@H]1NC(=O)O. The molecule has 0 radical (unpaired) electrons. The summed E-state index contributed by atoms with van der Waals surface area (Å²) in [6.45, 7) is 3.88. The number of allylic oxidation sites excluding steroid dienone is 1. The number of hydrogen-bond acceptors (Lipinski definition) is 10. The maximum atomic E-state index is 14.4. The molecule has 4 N–H and O–H groups in total. The summed E-state index contributed by atoms with van der Waals surface area (Å²) in [5, 5.41) is 15.0. The number of carboxylic acid groups (broad SMARTS) is 1. The molecule has 1 saturated heterocycles. The number of fused-ring (bicyclic) bond motifs is 3. The minimum atomic E-state index is -3.90. The Morgan fingerprint density at radius 2 is 1.94 bits per heavy atom. The Morgan fingerprint density at radius 1 is 1.16 bits per heavy atom. The minimum absolute atomic E-state index is 0.00475. The van der Waals surface area contributed by atoms with Crippen molar-refractivity contribution in [2.45, 2.75) is 94.2 Å². The van der Waals surface area contributed by atoms with Crippen LogP contribution in [0.4, 0.5) is 4.79 Å². The Balaban J connectivity index is 1.34. The van der Waals surface area contributed by atoms with Gasteiger partial charge in [0.1, 0.15) is 35.8 Å². The summed E-state index contributed by atoms with van der Waals surface area (Å²) in [7, 11) is -2.36. The Bertz CT molecular complexity index is 1800. The Labute approximate surface area is 290 Å². The van der Waals surface area contributed by atoms with Crippen molar-refractivity contribution in [3.63, 3.8) is 0 Å². The van der Waals surface area contributed by atoms with Crippen molar-refractivity contribution in [3.8, 4) is 11.6 Å². The average Bonchev–Trinajstić information content (AvgIpc) is 4.01. The highest BCUT2D eigenvalue weighted by Crippen LogP contribution is 2.46. The van der Waals surface area contributed by atoms with Crippen LogP contribution in [0.5, 0.6) is 11.6 Å². The van der Waals surface area contributed by atoms with E-state index < -0.39 is 68.7 Å². The highest BCUT2D eigenvalue weighted by atomic mass is 32.2. The van der Waals surface area contributed by atoms with E-state index in [4.69, 9.17) is 9.47 Å². The number of nitrogens with one attached hydrogen (secondary N) is 3. The zero-order valence-corrected chi connectivity index (χ0v) is 29.1. The average molecular weight is 713 g/mol. The van der Waals surface area contributed by atoms with Gasteiger partial charge in [0, 0.05) is 18.4 Å². The molecule has 1 aromatic carbocycles. The van der Waals surface area contributed by atoms with Crippen LogP contribution in [0.25, 0.3) is 10.9 Å². The minimum Gasteiger partial charge on any atom is -0.497 e. The first-order valence-corrected chi connectivity index (χ1v) is 18.7. The number of carbonyl (C=O) groups excluding carboxylic acids is 3. The molecule has 6 rings (SSSR count). The third-order valence-corrected chi connectivity index (χ3v) is 12.2. The molecule has 270 valence electrons. The van der Waals surface area contributed by atoms with E-state index in [1.807, 2.05) is 26.0 Å². The van der Waals surface area contributed by atoms with Crippen molar-refractivity contribution >= 4 is 44.7 Å². The highest BCUT2D eigenvalue weighted by molar-refractivity contribution is 7.91. The van der Waals surface area contributed by atoms with Gasteiger partial charge < -0.3 is 30.1 Å². The predicted octanol–water partition coefficient (Wildman–Crippen LogP) is 2.51. The second-order valence-corrected chi connectivity index (χ2v) is 15.9. The second kappa shape index (κ2) is 14.0. The predicted molar refractivity (Wildman–Crippen MR) is 181 cm³/mol. The number of aromatic nitrogens is 2. The number of benzene rings is 1. The van der Waals surface area contributed by atoms with E-state index in [1.165, 1.54) is 18.3 Å². The molecule has 2 saturated carbocycles. The van der Waals surface area contributed by atoms with Crippen LogP contribution in [-0.4, -0.2) is 94.8 Å². The molecule has 1 aromatic heterocycles. The highest BCUT2D eigenvalue weighted by Gasteiger charge is 2.62. The van der Waals surface area contributed by atoms with Crippen LogP contribution in [0.1, 0.15) is 65.2 Å². The number of ether oxygens (including phenoxy) is 2. The van der Waals surface area contributed by atoms with Gasteiger partial charge in [-0.05, 0) is 62.5 Å². The van der Waals surface area contributed by atoms with Gasteiger partial charge in [-0.2, -0.15) is 0 Å². The molecule has 7 atom stereocenters. The molecule has 2 aromatic rings. The third kappa shape index (κ3) is 7.35. The largest absolute Gasteiger partial charge is 0.497 e. The maximum Gasteiger partial charge on any atom is 0.405 e. The molecular weight excluding hydrogens is 668 g/mol. The summed E-state index contributed by atoms with van der Waals surface area (Å²) >= 11 is 0. The molecule has 4 amide bonds. The second-order valence-electron chi connectivity index (χ2n) is 13.9. The van der Waals surface area contributed by atoms with Gasteiger partial charge in [0.2, 0.25) is 27.7 Å². The Morgan fingerprint density at radius 3 is 2.64 bits per heavy atom. The number of hydrogen-bond donors (Lipinski definition) is 4. The van der Waals surface area contributed by atoms with E-state index in [9.17, 15) is 32.7 Å². The van der Waals surface area contributed by atoms with Gasteiger partial charge in [-0.15, -0.1) is 0 Å². The molecule has 0 unspecified atom stereocenters. The van der Waals surface area contributed by atoms with E-state index in [-0.39, 0.29) is 37.1 Å². The van der Waals surface area contributed by atoms with E-state index >= 15 is 0 Å². The van der Waals surface area contributed by atoms with Crippen LogP contribution in [0.15, 0.2) is 36.7 Å². The molecule has 0 bridgehead atoms. The number of rotatable bonds is 8. The number of nitrogens with zero attached hydrogens (tertiary/aromatic N) is 3. The fraction of sp³-hybridized carbons (Fsp3) is 0.588. The van der Waals surface area contributed by atoms with Gasteiger partial charge in [0.15, 0.2) is 0 Å². The zero-order chi connectivity index (χ0) is 35.8. The topological polar surface area (TPSA) is 206 Å². The molecule has 3 heterocycles. The van der Waals surface area contributed by atoms with Crippen molar-refractivity contribution in [2.75, 3.05) is 13.7 Å². The number of amides is 4. The molecule has 3 fully saturated rings. The van der Waals surface area contributed by atoms with Crippen LogP contribution < -0.4 is 24.8 Å². The summed E-state index contributed by atoms with van der Waals surface area (Å²) in [5.41, 5.74) is -0.967. The first kappa shape index (κ1) is 35.4. The van der Waals surface area contributed by atoms with Crippen molar-refractivity contribution in [1.29, 1.82) is 0 Å². The lowest BCUT2D eigenvalue weighted by atomic mass is 9.85. The van der Waals surface area contributed by atoms with Gasteiger partial charge in [-0.1, -0.05) is 32.4 Å². The molecule has 4 aliphatic rings. The van der Waals surface area contributed by atoms with Crippen molar-refractivity contribution < 1.29 is 42.2 Å². The summed E-state index contributed by atoms with van der Waals surface area (Å²) in [5.74, 6) is -1.92. The van der Waals surface area contributed by atoms with Crippen LogP contribution in [0.2, 0.25) is 0 Å². The van der Waals surface area contributed by atoms with E-state index in [1.54, 1.807) is 18.2 Å². The molecule has 50 heavy (non-hydrogen) atoms. The fourth-order valence-corrected chi connectivity index (χ4v) is 8.60. The first-order chi connectivity index (χ1) is 23.8. The quantitative estimate of drug-likeness (QED) is 0.293. The van der Waals surface area contributed by atoms with E-state index in [0.29, 0.717) is 48.8 Å². The smallest absolute Gasteiger partial charge is 0.405 e. The van der Waals surface area contributed by atoms with Gasteiger partial charge in [0.25, 0.3) is 5.91 Å². The lowest BCUT2D eigenvalue weighted by Crippen LogP contribution is -2.59. The first-order valence-electron chi connectivity index (χ1n) is 17.1. The molecular formula is C34H44N6O9S. The van der Waals surface area contributed by atoms with Gasteiger partial charge in [0.05, 0.1) is 29.8 Å². The maximum absolute atomic E-state index is 14.4. The van der Waals surface area contributed by atoms with Crippen LogP contribution in [-0.2, 0) is 24.4 Å². The van der Waals surface area contributed by atoms with E-state index in [0.717, 1.165) is 6.42 Å². The third-order valence-electron chi connectivity index (χ3n) is 10.3. The summed E-state index contributed by atoms with van der Waals surface area (Å²) in [6.07, 6.45) is 6.61. The molecule has 15 nitrogen and oxygen atoms in total. The number of methoxy groups -OCH3 is 1.